The van der Waals surface area contributed by atoms with Crippen molar-refractivity contribution in [2.45, 2.75) is 57.0 Å². The molecule has 5 rings (SSSR count). The number of benzene rings is 1. The first kappa shape index (κ1) is 19.4. The fourth-order valence-corrected chi connectivity index (χ4v) is 4.67. The van der Waals surface area contributed by atoms with Gasteiger partial charge in [0.2, 0.25) is 0 Å². The van der Waals surface area contributed by atoms with E-state index in [1.165, 1.54) is 12.8 Å². The first-order valence-corrected chi connectivity index (χ1v) is 11.1. The molecule has 0 spiro atoms. The Morgan fingerprint density at radius 3 is 2.87 bits per heavy atom. The van der Waals surface area contributed by atoms with Gasteiger partial charge in [-0.05, 0) is 36.5 Å². The molecule has 0 radical (unpaired) electrons. The SMILES string of the molecule is CCCCOc1ccc([C@]23COC[C@H]2c2nn(CCC4CC4)c(N)c2C(=O)N3)cc1. The van der Waals surface area contributed by atoms with Crippen LogP contribution in [0, 0.1) is 5.92 Å². The number of carbonyl (C=O) groups excluding carboxylic acids is 1. The smallest absolute Gasteiger partial charge is 0.257 e. The van der Waals surface area contributed by atoms with Crippen molar-refractivity contribution in [3.63, 3.8) is 0 Å². The molecule has 7 nitrogen and oxygen atoms in total. The summed E-state index contributed by atoms with van der Waals surface area (Å²) in [6.45, 7) is 4.56. The number of ether oxygens (including phenoxy) is 2. The van der Waals surface area contributed by atoms with Crippen LogP contribution in [0.2, 0.25) is 0 Å². The Kier molecular flexibility index (Phi) is 4.93. The number of nitrogens with zero attached hydrogens (tertiary/aromatic N) is 2. The van der Waals surface area contributed by atoms with E-state index in [2.05, 4.69) is 12.2 Å². The summed E-state index contributed by atoms with van der Waals surface area (Å²) in [6, 6.07) is 8.00. The van der Waals surface area contributed by atoms with Crippen LogP contribution in [-0.2, 0) is 16.8 Å². The average Bonchev–Trinajstić information content (AvgIpc) is 3.38. The van der Waals surface area contributed by atoms with Crippen molar-refractivity contribution in [2.24, 2.45) is 5.92 Å². The quantitative estimate of drug-likeness (QED) is 0.652. The second kappa shape index (κ2) is 7.61. The van der Waals surface area contributed by atoms with Gasteiger partial charge < -0.3 is 20.5 Å². The summed E-state index contributed by atoms with van der Waals surface area (Å²) in [7, 11) is 0. The maximum absolute atomic E-state index is 13.1. The lowest BCUT2D eigenvalue weighted by atomic mass is 9.75. The van der Waals surface area contributed by atoms with Gasteiger partial charge >= 0.3 is 0 Å². The van der Waals surface area contributed by atoms with Crippen LogP contribution >= 0.6 is 0 Å². The number of aryl methyl sites for hydroxylation is 1. The number of nitrogen functional groups attached to an aromatic ring is 1. The number of nitrogens with two attached hydrogens (primary N) is 1. The number of amides is 1. The minimum absolute atomic E-state index is 0.0541. The lowest BCUT2D eigenvalue weighted by molar-refractivity contribution is 0.0853. The molecule has 160 valence electrons. The van der Waals surface area contributed by atoms with E-state index in [0.717, 1.165) is 48.7 Å². The number of anilines is 1. The van der Waals surface area contributed by atoms with Gasteiger partial charge in [-0.1, -0.05) is 38.3 Å². The summed E-state index contributed by atoms with van der Waals surface area (Å²) in [6.07, 6.45) is 5.78. The maximum Gasteiger partial charge on any atom is 0.257 e. The summed E-state index contributed by atoms with van der Waals surface area (Å²) in [4.78, 5) is 13.1. The van der Waals surface area contributed by atoms with Crippen molar-refractivity contribution in [1.29, 1.82) is 0 Å². The van der Waals surface area contributed by atoms with Crippen molar-refractivity contribution in [2.75, 3.05) is 25.6 Å². The summed E-state index contributed by atoms with van der Waals surface area (Å²) < 4.78 is 13.5. The number of hydrogen-bond acceptors (Lipinski definition) is 5. The Hall–Kier alpha value is -2.54. The van der Waals surface area contributed by atoms with Crippen LogP contribution in [0.25, 0.3) is 0 Å². The van der Waals surface area contributed by atoms with Gasteiger partial charge in [-0.2, -0.15) is 5.10 Å². The standard InChI is InChI=1S/C23H30N4O3/c1-2-3-12-30-17-8-6-16(7-9-17)23-14-29-13-18(23)20-19(22(28)25-23)21(24)27(26-20)11-10-15-4-5-15/h6-9,15,18H,2-5,10-14,24H2,1H3,(H,25,28)/t18-,23+/m0/s1. The van der Waals surface area contributed by atoms with Gasteiger partial charge in [0, 0.05) is 6.54 Å². The molecule has 2 fully saturated rings. The topological polar surface area (TPSA) is 91.4 Å². The molecule has 0 unspecified atom stereocenters. The number of nitrogens with one attached hydrogen (secondary N) is 1. The van der Waals surface area contributed by atoms with Crippen LogP contribution in [0.15, 0.2) is 24.3 Å². The van der Waals surface area contributed by atoms with Crippen molar-refractivity contribution < 1.29 is 14.3 Å². The number of unbranched alkanes of at least 4 members (excludes halogenated alkanes) is 1. The number of carbonyl (C=O) groups is 1. The van der Waals surface area contributed by atoms with E-state index < -0.39 is 5.54 Å². The monoisotopic (exact) mass is 410 g/mol. The van der Waals surface area contributed by atoms with Gasteiger partial charge in [0.15, 0.2) is 0 Å². The Balaban J connectivity index is 1.44. The van der Waals surface area contributed by atoms with Crippen LogP contribution in [0.4, 0.5) is 5.82 Å². The van der Waals surface area contributed by atoms with E-state index in [0.29, 0.717) is 31.2 Å². The van der Waals surface area contributed by atoms with Gasteiger partial charge in [-0.3, -0.25) is 4.79 Å². The molecular formula is C23H30N4O3. The minimum atomic E-state index is -0.617. The fraction of sp³-hybridized carbons (Fsp3) is 0.565. The third kappa shape index (κ3) is 3.25. The fourth-order valence-electron chi connectivity index (χ4n) is 4.67. The average molecular weight is 411 g/mol. The summed E-state index contributed by atoms with van der Waals surface area (Å²) in [5.74, 6) is 1.89. The minimum Gasteiger partial charge on any atom is -0.494 e. The van der Waals surface area contributed by atoms with Crippen LogP contribution < -0.4 is 15.8 Å². The number of fused-ring (bicyclic) bond motifs is 3. The van der Waals surface area contributed by atoms with Gasteiger partial charge in [0.05, 0.1) is 37.0 Å². The molecule has 1 aliphatic carbocycles. The van der Waals surface area contributed by atoms with E-state index in [1.807, 2.05) is 28.9 Å². The molecule has 30 heavy (non-hydrogen) atoms. The Morgan fingerprint density at radius 1 is 1.33 bits per heavy atom. The third-order valence-corrected chi connectivity index (χ3v) is 6.70. The zero-order valence-corrected chi connectivity index (χ0v) is 17.5. The molecule has 1 saturated heterocycles. The molecular weight excluding hydrogens is 380 g/mol. The van der Waals surface area contributed by atoms with Crippen molar-refractivity contribution in [3.05, 3.63) is 41.1 Å². The Bertz CT molecular complexity index is 935. The lowest BCUT2D eigenvalue weighted by Gasteiger charge is -2.38. The molecule has 3 aliphatic rings. The zero-order valence-electron chi connectivity index (χ0n) is 17.5. The highest BCUT2D eigenvalue weighted by Gasteiger charge is 2.54. The molecule has 1 saturated carbocycles. The van der Waals surface area contributed by atoms with E-state index in [4.69, 9.17) is 20.3 Å². The second-order valence-corrected chi connectivity index (χ2v) is 8.82. The molecule has 3 N–H and O–H groups in total. The normalized spacial score (nSPS) is 25.0. The Labute approximate surface area is 176 Å². The van der Waals surface area contributed by atoms with Crippen LogP contribution in [0.1, 0.15) is 66.6 Å². The molecule has 2 aromatic rings. The Morgan fingerprint density at radius 2 is 2.13 bits per heavy atom. The van der Waals surface area contributed by atoms with Crippen molar-refractivity contribution >= 4 is 11.7 Å². The van der Waals surface area contributed by atoms with Crippen LogP contribution in [0.3, 0.4) is 0 Å². The largest absolute Gasteiger partial charge is 0.494 e. The van der Waals surface area contributed by atoms with Crippen LogP contribution in [0.5, 0.6) is 5.75 Å². The van der Waals surface area contributed by atoms with E-state index in [9.17, 15) is 4.79 Å². The number of aromatic nitrogens is 2. The first-order chi connectivity index (χ1) is 14.6. The molecule has 1 amide bonds. The molecule has 0 bridgehead atoms. The summed E-state index contributed by atoms with van der Waals surface area (Å²) in [5.41, 5.74) is 8.04. The van der Waals surface area contributed by atoms with Crippen molar-refractivity contribution in [3.8, 4) is 5.75 Å². The third-order valence-electron chi connectivity index (χ3n) is 6.70. The van der Waals surface area contributed by atoms with Gasteiger partial charge in [0.1, 0.15) is 17.1 Å². The van der Waals surface area contributed by atoms with Gasteiger partial charge in [-0.15, -0.1) is 0 Å². The highest BCUT2D eigenvalue weighted by Crippen LogP contribution is 2.47. The molecule has 7 heteroatoms. The molecule has 1 aromatic carbocycles. The zero-order chi connectivity index (χ0) is 20.7. The molecule has 3 heterocycles. The van der Waals surface area contributed by atoms with Crippen LogP contribution in [-0.4, -0.2) is 35.5 Å². The summed E-state index contributed by atoms with van der Waals surface area (Å²) in [5, 5.41) is 8.04. The number of rotatable bonds is 8. The van der Waals surface area contributed by atoms with E-state index in [1.54, 1.807) is 0 Å². The van der Waals surface area contributed by atoms with Gasteiger partial charge in [-0.25, -0.2) is 4.68 Å². The second-order valence-electron chi connectivity index (χ2n) is 8.82. The van der Waals surface area contributed by atoms with Crippen molar-refractivity contribution in [1.82, 2.24) is 15.1 Å². The number of hydrogen-bond donors (Lipinski definition) is 2. The predicted molar refractivity (Wildman–Crippen MR) is 114 cm³/mol. The highest BCUT2D eigenvalue weighted by molar-refractivity contribution is 6.02. The molecule has 2 aliphatic heterocycles. The molecule has 2 atom stereocenters. The highest BCUT2D eigenvalue weighted by atomic mass is 16.5. The van der Waals surface area contributed by atoms with Gasteiger partial charge in [0.25, 0.3) is 5.91 Å². The predicted octanol–water partition coefficient (Wildman–Crippen LogP) is 3.20. The van der Waals surface area contributed by atoms with E-state index >= 15 is 0 Å². The maximum atomic E-state index is 13.1. The first-order valence-electron chi connectivity index (χ1n) is 11.1. The van der Waals surface area contributed by atoms with E-state index in [-0.39, 0.29) is 11.8 Å². The summed E-state index contributed by atoms with van der Waals surface area (Å²) >= 11 is 0. The lowest BCUT2D eigenvalue weighted by Crippen LogP contribution is -2.53. The molecule has 1 aromatic heterocycles.